The highest BCUT2D eigenvalue weighted by Gasteiger charge is 2.29. The zero-order valence-corrected chi connectivity index (χ0v) is 15.9. The number of H-pyrrole nitrogens is 1. The van der Waals surface area contributed by atoms with E-state index in [2.05, 4.69) is 16.0 Å². The van der Waals surface area contributed by atoms with Crippen molar-refractivity contribution in [2.75, 3.05) is 0 Å². The first-order valence-corrected chi connectivity index (χ1v) is 9.13. The summed E-state index contributed by atoms with van der Waals surface area (Å²) in [6.07, 6.45) is -0.984. The molecule has 0 spiro atoms. The third-order valence-electron chi connectivity index (χ3n) is 4.85. The van der Waals surface area contributed by atoms with Crippen LogP contribution in [0.3, 0.4) is 0 Å². The van der Waals surface area contributed by atoms with Gasteiger partial charge in [-0.05, 0) is 42.3 Å². The van der Waals surface area contributed by atoms with Gasteiger partial charge in [-0.1, -0.05) is 24.3 Å². The minimum absolute atomic E-state index is 0.147. The Morgan fingerprint density at radius 2 is 1.90 bits per heavy atom. The maximum atomic E-state index is 12.7. The van der Waals surface area contributed by atoms with Gasteiger partial charge in [-0.25, -0.2) is 0 Å². The topological polar surface area (TPSA) is 61.7 Å². The molecule has 2 heterocycles. The van der Waals surface area contributed by atoms with E-state index in [1.54, 1.807) is 12.3 Å². The van der Waals surface area contributed by atoms with Crippen molar-refractivity contribution in [1.29, 1.82) is 5.26 Å². The molecule has 0 fully saturated rings. The fraction of sp³-hybridized carbons (Fsp3) is 0.130. The van der Waals surface area contributed by atoms with Gasteiger partial charge in [-0.3, -0.25) is 4.98 Å². The van der Waals surface area contributed by atoms with Gasteiger partial charge in [0.05, 0.1) is 16.6 Å². The summed E-state index contributed by atoms with van der Waals surface area (Å²) in [6, 6.07) is 14.4. The van der Waals surface area contributed by atoms with Gasteiger partial charge >= 0.3 is 6.18 Å². The Morgan fingerprint density at radius 3 is 2.60 bits per heavy atom. The first kappa shape index (κ1) is 19.5. The molecule has 0 radical (unpaired) electrons. The van der Waals surface area contributed by atoms with Crippen molar-refractivity contribution in [1.82, 2.24) is 9.97 Å². The number of fused-ring (bicyclic) bond motifs is 1. The van der Waals surface area contributed by atoms with Gasteiger partial charge in [0.15, 0.2) is 0 Å². The van der Waals surface area contributed by atoms with E-state index in [1.165, 1.54) is 12.1 Å². The number of alkyl halides is 3. The minimum Gasteiger partial charge on any atom is -0.489 e. The minimum atomic E-state index is -4.36. The highest BCUT2D eigenvalue weighted by molar-refractivity contribution is 5.99. The number of rotatable bonds is 4. The second-order valence-electron chi connectivity index (χ2n) is 6.83. The van der Waals surface area contributed by atoms with Gasteiger partial charge < -0.3 is 9.72 Å². The molecule has 30 heavy (non-hydrogen) atoms. The first-order chi connectivity index (χ1) is 14.4. The second kappa shape index (κ2) is 7.56. The molecule has 0 saturated carbocycles. The van der Waals surface area contributed by atoms with E-state index in [9.17, 15) is 18.4 Å². The molecule has 4 nitrogen and oxygen atoms in total. The Balaban J connectivity index is 1.58. The van der Waals surface area contributed by atoms with Gasteiger partial charge in [0.25, 0.3) is 0 Å². The number of hydrogen-bond donors (Lipinski definition) is 1. The van der Waals surface area contributed by atoms with Crippen LogP contribution in [0.1, 0.15) is 22.4 Å². The summed E-state index contributed by atoms with van der Waals surface area (Å²) in [5.74, 6) is 0.587. The molecule has 0 aliphatic carbocycles. The standard InChI is InChI=1S/C23H16F3N3O/c1-14-21-20(12-29-22(21)17(10-27)11-28-14)16-3-2-4-19(9-16)30-13-15-5-7-18(8-6-15)23(24,25)26/h2-9,11-12,29H,13H2,1H3. The van der Waals surface area contributed by atoms with Crippen molar-refractivity contribution in [2.24, 2.45) is 0 Å². The third-order valence-corrected chi connectivity index (χ3v) is 4.85. The number of nitriles is 1. The Morgan fingerprint density at radius 1 is 1.13 bits per heavy atom. The van der Waals surface area contributed by atoms with Crippen LogP contribution in [-0.4, -0.2) is 9.97 Å². The average Bonchev–Trinajstić information content (AvgIpc) is 3.19. The van der Waals surface area contributed by atoms with Crippen LogP contribution >= 0.6 is 0 Å². The lowest BCUT2D eigenvalue weighted by Gasteiger charge is -2.10. The van der Waals surface area contributed by atoms with Crippen LogP contribution in [0.25, 0.3) is 22.0 Å². The van der Waals surface area contributed by atoms with E-state index < -0.39 is 11.7 Å². The van der Waals surface area contributed by atoms with Crippen molar-refractivity contribution < 1.29 is 17.9 Å². The monoisotopic (exact) mass is 407 g/mol. The molecule has 150 valence electrons. The van der Waals surface area contributed by atoms with Crippen LogP contribution in [-0.2, 0) is 12.8 Å². The lowest BCUT2D eigenvalue weighted by molar-refractivity contribution is -0.137. The molecular weight excluding hydrogens is 391 g/mol. The lowest BCUT2D eigenvalue weighted by atomic mass is 10.0. The SMILES string of the molecule is Cc1ncc(C#N)c2[nH]cc(-c3cccc(OCc4ccc(C(F)(F)F)cc4)c3)c12. The maximum Gasteiger partial charge on any atom is 0.416 e. The molecule has 4 rings (SSSR count). The highest BCUT2D eigenvalue weighted by atomic mass is 19.4. The molecule has 0 bridgehead atoms. The van der Waals surface area contributed by atoms with E-state index >= 15 is 0 Å². The highest BCUT2D eigenvalue weighted by Crippen LogP contribution is 2.33. The summed E-state index contributed by atoms with van der Waals surface area (Å²) in [5, 5.41) is 10.2. The molecule has 0 aliphatic heterocycles. The van der Waals surface area contributed by atoms with Crippen molar-refractivity contribution >= 4 is 10.9 Å². The van der Waals surface area contributed by atoms with Gasteiger partial charge in [0.2, 0.25) is 0 Å². The number of aromatic amines is 1. The number of nitrogens with zero attached hydrogens (tertiary/aromatic N) is 2. The van der Waals surface area contributed by atoms with E-state index in [1.807, 2.05) is 31.3 Å². The predicted molar refractivity (Wildman–Crippen MR) is 107 cm³/mol. The summed E-state index contributed by atoms with van der Waals surface area (Å²) in [5.41, 5.74) is 3.73. The van der Waals surface area contributed by atoms with Gasteiger partial charge in [0, 0.05) is 29.0 Å². The van der Waals surface area contributed by atoms with Crippen LogP contribution < -0.4 is 4.74 Å². The van der Waals surface area contributed by atoms with Gasteiger partial charge in [-0.15, -0.1) is 0 Å². The Labute approximate surface area is 170 Å². The van der Waals surface area contributed by atoms with Crippen molar-refractivity contribution in [3.05, 3.63) is 83.3 Å². The summed E-state index contributed by atoms with van der Waals surface area (Å²) in [7, 11) is 0. The lowest BCUT2D eigenvalue weighted by Crippen LogP contribution is -2.05. The number of ether oxygens (including phenoxy) is 1. The molecule has 0 atom stereocenters. The Bertz CT molecular complexity index is 1250. The quantitative estimate of drug-likeness (QED) is 0.451. The normalized spacial score (nSPS) is 11.4. The van der Waals surface area contributed by atoms with Crippen molar-refractivity contribution in [3.8, 4) is 22.9 Å². The number of aryl methyl sites for hydroxylation is 1. The first-order valence-electron chi connectivity index (χ1n) is 9.13. The molecule has 2 aromatic heterocycles. The van der Waals surface area contributed by atoms with Crippen molar-refractivity contribution in [3.63, 3.8) is 0 Å². The number of pyridine rings is 1. The zero-order valence-electron chi connectivity index (χ0n) is 15.9. The van der Waals surface area contributed by atoms with E-state index in [0.717, 1.165) is 39.9 Å². The van der Waals surface area contributed by atoms with E-state index in [-0.39, 0.29) is 6.61 Å². The number of nitrogens with one attached hydrogen (secondary N) is 1. The van der Waals surface area contributed by atoms with Crippen molar-refractivity contribution in [2.45, 2.75) is 19.7 Å². The molecule has 0 unspecified atom stereocenters. The fourth-order valence-electron chi connectivity index (χ4n) is 3.32. The van der Waals surface area contributed by atoms with E-state index in [4.69, 9.17) is 4.74 Å². The Hall–Kier alpha value is -3.79. The molecule has 1 N–H and O–H groups in total. The van der Waals surface area contributed by atoms with Crippen LogP contribution in [0.15, 0.2) is 60.9 Å². The molecule has 0 saturated heterocycles. The number of hydrogen-bond acceptors (Lipinski definition) is 3. The van der Waals surface area contributed by atoms with Crippen LogP contribution in [0.4, 0.5) is 13.2 Å². The number of halogens is 3. The zero-order chi connectivity index (χ0) is 21.3. The fourth-order valence-corrected chi connectivity index (χ4v) is 3.32. The second-order valence-corrected chi connectivity index (χ2v) is 6.83. The molecule has 7 heteroatoms. The van der Waals surface area contributed by atoms with E-state index in [0.29, 0.717) is 16.9 Å². The number of benzene rings is 2. The summed E-state index contributed by atoms with van der Waals surface area (Å²) in [4.78, 5) is 7.45. The molecule has 0 amide bonds. The Kier molecular flexibility index (Phi) is 4.92. The van der Waals surface area contributed by atoms with Gasteiger partial charge in [-0.2, -0.15) is 18.4 Å². The van der Waals surface area contributed by atoms with Crippen LogP contribution in [0.2, 0.25) is 0 Å². The molecule has 0 aliphatic rings. The number of aromatic nitrogens is 2. The predicted octanol–water partition coefficient (Wildman–Crippen LogP) is 6.01. The third kappa shape index (κ3) is 3.72. The average molecular weight is 407 g/mol. The molecule has 4 aromatic rings. The van der Waals surface area contributed by atoms with Crippen LogP contribution in [0, 0.1) is 18.3 Å². The largest absolute Gasteiger partial charge is 0.489 e. The van der Waals surface area contributed by atoms with Gasteiger partial charge in [0.1, 0.15) is 18.4 Å². The van der Waals surface area contributed by atoms with Crippen LogP contribution in [0.5, 0.6) is 5.75 Å². The molecular formula is C23H16F3N3O. The maximum absolute atomic E-state index is 12.7. The molecule has 2 aromatic carbocycles. The summed E-state index contributed by atoms with van der Waals surface area (Å²) >= 11 is 0. The summed E-state index contributed by atoms with van der Waals surface area (Å²) < 4.78 is 43.8. The smallest absolute Gasteiger partial charge is 0.416 e. The summed E-state index contributed by atoms with van der Waals surface area (Å²) in [6.45, 7) is 2.03.